The van der Waals surface area contributed by atoms with Crippen LogP contribution in [0.3, 0.4) is 0 Å². The molecule has 5 heteroatoms. The normalized spacial score (nSPS) is 11.8. The van der Waals surface area contributed by atoms with Crippen molar-refractivity contribution in [2.75, 3.05) is 13.2 Å². The SMILES string of the molecule is CC(Oc1cccc(Cl)c1)C(=O)NCCOc1cccc2ccccc12. The summed E-state index contributed by atoms with van der Waals surface area (Å²) in [5.74, 6) is 1.17. The first-order valence-electron chi connectivity index (χ1n) is 8.44. The molecule has 134 valence electrons. The zero-order valence-corrected chi connectivity index (χ0v) is 15.2. The Balaban J connectivity index is 1.47. The van der Waals surface area contributed by atoms with E-state index in [1.165, 1.54) is 0 Å². The second-order valence-corrected chi connectivity index (χ2v) is 6.27. The van der Waals surface area contributed by atoms with E-state index in [2.05, 4.69) is 5.32 Å². The molecule has 3 rings (SSSR count). The first-order valence-corrected chi connectivity index (χ1v) is 8.82. The summed E-state index contributed by atoms with van der Waals surface area (Å²) >= 11 is 5.91. The third kappa shape index (κ3) is 4.67. The average Bonchev–Trinajstić information content (AvgIpc) is 2.65. The van der Waals surface area contributed by atoms with E-state index in [4.69, 9.17) is 21.1 Å². The molecule has 0 saturated carbocycles. The van der Waals surface area contributed by atoms with Crippen LogP contribution in [0, 0.1) is 0 Å². The quantitative estimate of drug-likeness (QED) is 0.626. The molecule has 1 amide bonds. The molecule has 1 atom stereocenters. The smallest absolute Gasteiger partial charge is 0.260 e. The molecule has 3 aromatic rings. The number of hydrogen-bond donors (Lipinski definition) is 1. The van der Waals surface area contributed by atoms with Crippen LogP contribution in [-0.4, -0.2) is 25.2 Å². The molecule has 0 radical (unpaired) electrons. The lowest BCUT2D eigenvalue weighted by atomic mass is 10.1. The number of amides is 1. The monoisotopic (exact) mass is 369 g/mol. The van der Waals surface area contributed by atoms with Crippen molar-refractivity contribution >= 4 is 28.3 Å². The van der Waals surface area contributed by atoms with Gasteiger partial charge in [0, 0.05) is 10.4 Å². The van der Waals surface area contributed by atoms with Gasteiger partial charge in [-0.05, 0) is 36.6 Å². The van der Waals surface area contributed by atoms with E-state index in [0.29, 0.717) is 23.9 Å². The van der Waals surface area contributed by atoms with Crippen LogP contribution in [0.2, 0.25) is 5.02 Å². The second kappa shape index (κ2) is 8.59. The predicted octanol–water partition coefficient (Wildman–Crippen LogP) is 4.46. The summed E-state index contributed by atoms with van der Waals surface area (Å²) < 4.78 is 11.4. The van der Waals surface area contributed by atoms with Crippen molar-refractivity contribution in [2.24, 2.45) is 0 Å². The van der Waals surface area contributed by atoms with E-state index in [-0.39, 0.29) is 5.91 Å². The minimum atomic E-state index is -0.619. The summed E-state index contributed by atoms with van der Waals surface area (Å²) in [4.78, 5) is 12.1. The summed E-state index contributed by atoms with van der Waals surface area (Å²) in [6, 6.07) is 20.9. The molecule has 0 fully saturated rings. The molecule has 0 bridgehead atoms. The molecule has 1 N–H and O–H groups in total. The highest BCUT2D eigenvalue weighted by atomic mass is 35.5. The fourth-order valence-corrected chi connectivity index (χ4v) is 2.78. The Morgan fingerprint density at radius 2 is 1.85 bits per heavy atom. The van der Waals surface area contributed by atoms with Gasteiger partial charge in [-0.15, -0.1) is 0 Å². The number of carbonyl (C=O) groups is 1. The molecule has 4 nitrogen and oxygen atoms in total. The lowest BCUT2D eigenvalue weighted by Gasteiger charge is -2.15. The maximum absolute atomic E-state index is 12.1. The minimum absolute atomic E-state index is 0.202. The van der Waals surface area contributed by atoms with Gasteiger partial charge in [-0.1, -0.05) is 54.1 Å². The number of carbonyl (C=O) groups excluding carboxylic acids is 1. The average molecular weight is 370 g/mol. The van der Waals surface area contributed by atoms with Gasteiger partial charge in [-0.3, -0.25) is 4.79 Å². The Morgan fingerprint density at radius 1 is 1.08 bits per heavy atom. The van der Waals surface area contributed by atoms with E-state index in [1.807, 2.05) is 42.5 Å². The highest BCUT2D eigenvalue weighted by molar-refractivity contribution is 6.30. The molecular formula is C21H20ClNO3. The molecule has 0 spiro atoms. The molecule has 0 saturated heterocycles. The van der Waals surface area contributed by atoms with Crippen LogP contribution in [0.1, 0.15) is 6.92 Å². The fourth-order valence-electron chi connectivity index (χ4n) is 2.60. The van der Waals surface area contributed by atoms with Crippen molar-refractivity contribution in [1.29, 1.82) is 0 Å². The van der Waals surface area contributed by atoms with Gasteiger partial charge in [-0.25, -0.2) is 0 Å². The van der Waals surface area contributed by atoms with Crippen molar-refractivity contribution < 1.29 is 14.3 Å². The van der Waals surface area contributed by atoms with Crippen LogP contribution in [-0.2, 0) is 4.79 Å². The Kier molecular flexibility index (Phi) is 5.97. The lowest BCUT2D eigenvalue weighted by Crippen LogP contribution is -2.38. The molecule has 3 aromatic carbocycles. The van der Waals surface area contributed by atoms with E-state index >= 15 is 0 Å². The maximum atomic E-state index is 12.1. The van der Waals surface area contributed by atoms with Gasteiger partial charge >= 0.3 is 0 Å². The molecule has 0 aliphatic carbocycles. The number of nitrogens with one attached hydrogen (secondary N) is 1. The van der Waals surface area contributed by atoms with Crippen molar-refractivity contribution in [1.82, 2.24) is 5.32 Å². The Bertz CT molecular complexity index is 892. The van der Waals surface area contributed by atoms with Gasteiger partial charge in [0.1, 0.15) is 18.1 Å². The van der Waals surface area contributed by atoms with Gasteiger partial charge in [-0.2, -0.15) is 0 Å². The molecule has 0 aliphatic rings. The largest absolute Gasteiger partial charge is 0.491 e. The van der Waals surface area contributed by atoms with E-state index in [1.54, 1.807) is 31.2 Å². The van der Waals surface area contributed by atoms with Gasteiger partial charge in [0.05, 0.1) is 6.54 Å². The van der Waals surface area contributed by atoms with Crippen molar-refractivity contribution in [3.63, 3.8) is 0 Å². The van der Waals surface area contributed by atoms with Crippen LogP contribution in [0.5, 0.6) is 11.5 Å². The first-order chi connectivity index (χ1) is 12.6. The summed E-state index contributed by atoms with van der Waals surface area (Å²) in [5.41, 5.74) is 0. The molecule has 1 unspecified atom stereocenters. The van der Waals surface area contributed by atoms with E-state index in [9.17, 15) is 4.79 Å². The Hall–Kier alpha value is -2.72. The summed E-state index contributed by atoms with van der Waals surface area (Å²) in [6.07, 6.45) is -0.619. The number of halogens is 1. The first kappa shape index (κ1) is 18.1. The molecule has 0 heterocycles. The summed E-state index contributed by atoms with van der Waals surface area (Å²) in [7, 11) is 0. The van der Waals surface area contributed by atoms with E-state index in [0.717, 1.165) is 16.5 Å². The maximum Gasteiger partial charge on any atom is 0.260 e. The standard InChI is InChI=1S/C21H20ClNO3/c1-15(26-18-9-5-8-17(22)14-18)21(24)23-12-13-25-20-11-4-7-16-6-2-3-10-19(16)20/h2-11,14-15H,12-13H2,1H3,(H,23,24). The lowest BCUT2D eigenvalue weighted by molar-refractivity contribution is -0.127. The number of hydrogen-bond acceptors (Lipinski definition) is 3. The highest BCUT2D eigenvalue weighted by Gasteiger charge is 2.14. The molecule has 0 aliphatic heterocycles. The molecule has 26 heavy (non-hydrogen) atoms. The third-order valence-corrected chi connectivity index (χ3v) is 4.12. The van der Waals surface area contributed by atoms with Crippen LogP contribution >= 0.6 is 11.6 Å². The van der Waals surface area contributed by atoms with Crippen molar-refractivity contribution in [3.05, 3.63) is 71.8 Å². The topological polar surface area (TPSA) is 47.6 Å². The summed E-state index contributed by atoms with van der Waals surface area (Å²) in [6.45, 7) is 2.47. The van der Waals surface area contributed by atoms with Gasteiger partial charge in [0.15, 0.2) is 6.10 Å². The van der Waals surface area contributed by atoms with Crippen molar-refractivity contribution in [3.8, 4) is 11.5 Å². The van der Waals surface area contributed by atoms with Crippen LogP contribution in [0.25, 0.3) is 10.8 Å². The third-order valence-electron chi connectivity index (χ3n) is 3.89. The zero-order chi connectivity index (χ0) is 18.4. The summed E-state index contributed by atoms with van der Waals surface area (Å²) in [5, 5.41) is 5.56. The minimum Gasteiger partial charge on any atom is -0.491 e. The van der Waals surface area contributed by atoms with Gasteiger partial charge < -0.3 is 14.8 Å². The number of rotatable bonds is 7. The predicted molar refractivity (Wildman–Crippen MR) is 104 cm³/mol. The van der Waals surface area contributed by atoms with Gasteiger partial charge in [0.2, 0.25) is 0 Å². The Labute approximate surface area is 157 Å². The fraction of sp³-hybridized carbons (Fsp3) is 0.190. The molecule has 0 aromatic heterocycles. The van der Waals surface area contributed by atoms with Crippen molar-refractivity contribution in [2.45, 2.75) is 13.0 Å². The zero-order valence-electron chi connectivity index (χ0n) is 14.4. The molecular weight excluding hydrogens is 350 g/mol. The van der Waals surface area contributed by atoms with E-state index < -0.39 is 6.10 Å². The van der Waals surface area contributed by atoms with Crippen LogP contribution < -0.4 is 14.8 Å². The van der Waals surface area contributed by atoms with Crippen LogP contribution in [0.4, 0.5) is 0 Å². The second-order valence-electron chi connectivity index (χ2n) is 5.83. The van der Waals surface area contributed by atoms with Crippen LogP contribution in [0.15, 0.2) is 66.7 Å². The number of fused-ring (bicyclic) bond motifs is 1. The van der Waals surface area contributed by atoms with Gasteiger partial charge in [0.25, 0.3) is 5.91 Å². The number of ether oxygens (including phenoxy) is 2. The Morgan fingerprint density at radius 3 is 2.69 bits per heavy atom. The number of benzene rings is 3. The highest BCUT2D eigenvalue weighted by Crippen LogP contribution is 2.24.